The molecule has 7 nitrogen and oxygen atoms in total. The minimum Gasteiger partial charge on any atom is -0.459 e. The molecule has 5 aliphatic rings. The van der Waals surface area contributed by atoms with Gasteiger partial charge in [-0.1, -0.05) is 31.0 Å². The highest BCUT2D eigenvalue weighted by atomic mass is 16.9. The number of carbonyl (C=O) groups is 1. The van der Waals surface area contributed by atoms with E-state index in [-0.39, 0.29) is 30.9 Å². The predicted molar refractivity (Wildman–Crippen MR) is 113 cm³/mol. The van der Waals surface area contributed by atoms with E-state index >= 15 is 0 Å². The van der Waals surface area contributed by atoms with E-state index in [0.717, 1.165) is 51.4 Å². The lowest BCUT2D eigenvalue weighted by atomic mass is 9.94. The first-order chi connectivity index (χ1) is 15.7. The van der Waals surface area contributed by atoms with Crippen molar-refractivity contribution in [3.63, 3.8) is 0 Å². The second kappa shape index (κ2) is 8.37. The highest BCUT2D eigenvalue weighted by Crippen LogP contribution is 2.50. The molecule has 0 aromatic heterocycles. The zero-order chi connectivity index (χ0) is 21.6. The average Bonchev–Trinajstić information content (AvgIpc) is 3.37. The summed E-state index contributed by atoms with van der Waals surface area (Å²) in [7, 11) is 0. The number of rotatable bonds is 3. The molecule has 1 aromatic carbocycles. The molecule has 5 atom stereocenters. The fourth-order valence-corrected chi connectivity index (χ4v) is 5.99. The lowest BCUT2D eigenvalue weighted by molar-refractivity contribution is -0.254. The third kappa shape index (κ3) is 3.78. The molecule has 7 heteroatoms. The van der Waals surface area contributed by atoms with Crippen LogP contribution in [0, 0.1) is 0 Å². The van der Waals surface area contributed by atoms with Gasteiger partial charge in [-0.25, -0.2) is 4.79 Å². The Morgan fingerprint density at radius 1 is 0.781 bits per heavy atom. The fraction of sp³-hybridized carbons (Fsp3) is 0.720. The molecule has 5 fully saturated rings. The highest BCUT2D eigenvalue weighted by Gasteiger charge is 2.64. The molecule has 32 heavy (non-hydrogen) atoms. The van der Waals surface area contributed by atoms with Crippen molar-refractivity contribution in [2.75, 3.05) is 6.61 Å². The Bertz CT molecular complexity index is 815. The standard InChI is InChI=1S/C25H32O7/c26-22(17-10-4-1-5-11-17)27-16-18-19-20(30-24(29-19)12-6-2-7-13-24)21-23(28-18)32-25(31-21)14-8-3-9-15-25/h1,4-5,10-11,18-21,23H,2-3,6-9,12-16H2/t18-,19+,20-,21-,23+/m0/s1. The molecule has 1 aromatic rings. The molecule has 6 rings (SSSR count). The summed E-state index contributed by atoms with van der Waals surface area (Å²) in [5, 5.41) is 0. The lowest BCUT2D eigenvalue weighted by Gasteiger charge is -2.36. The Morgan fingerprint density at radius 3 is 2.06 bits per heavy atom. The first kappa shape index (κ1) is 21.1. The van der Waals surface area contributed by atoms with Gasteiger partial charge >= 0.3 is 5.97 Å². The van der Waals surface area contributed by atoms with E-state index in [1.807, 2.05) is 18.2 Å². The van der Waals surface area contributed by atoms with Gasteiger partial charge in [0.05, 0.1) is 5.56 Å². The third-order valence-corrected chi connectivity index (χ3v) is 7.59. The Labute approximate surface area is 188 Å². The quantitative estimate of drug-likeness (QED) is 0.650. The number of hydrogen-bond acceptors (Lipinski definition) is 7. The molecule has 0 unspecified atom stereocenters. The molecule has 2 spiro atoms. The van der Waals surface area contributed by atoms with E-state index < -0.39 is 24.0 Å². The number of esters is 1. The smallest absolute Gasteiger partial charge is 0.338 e. The second-order valence-electron chi connectivity index (χ2n) is 9.82. The van der Waals surface area contributed by atoms with Crippen molar-refractivity contribution in [1.82, 2.24) is 0 Å². The molecule has 174 valence electrons. The topological polar surface area (TPSA) is 72.5 Å². The van der Waals surface area contributed by atoms with Crippen molar-refractivity contribution >= 4 is 5.97 Å². The van der Waals surface area contributed by atoms with Gasteiger partial charge in [0, 0.05) is 25.7 Å². The molecular formula is C25H32O7. The van der Waals surface area contributed by atoms with Gasteiger partial charge < -0.3 is 28.4 Å². The van der Waals surface area contributed by atoms with Gasteiger partial charge in [-0.3, -0.25) is 0 Å². The fourth-order valence-electron chi connectivity index (χ4n) is 5.99. The van der Waals surface area contributed by atoms with Crippen LogP contribution in [0.4, 0.5) is 0 Å². The summed E-state index contributed by atoms with van der Waals surface area (Å²) in [6.45, 7) is 0.0912. The minimum absolute atomic E-state index is 0.0912. The number of benzene rings is 1. The van der Waals surface area contributed by atoms with Crippen LogP contribution < -0.4 is 0 Å². The van der Waals surface area contributed by atoms with Gasteiger partial charge in [0.1, 0.15) is 31.0 Å². The maximum absolute atomic E-state index is 12.5. The molecule has 2 aliphatic carbocycles. The Balaban J connectivity index is 1.21. The van der Waals surface area contributed by atoms with Gasteiger partial charge in [0.25, 0.3) is 0 Å². The minimum atomic E-state index is -0.584. The van der Waals surface area contributed by atoms with Crippen molar-refractivity contribution in [3.8, 4) is 0 Å². The normalized spacial score (nSPS) is 37.2. The summed E-state index contributed by atoms with van der Waals surface area (Å²) in [4.78, 5) is 12.5. The van der Waals surface area contributed by atoms with E-state index in [1.54, 1.807) is 12.1 Å². The van der Waals surface area contributed by atoms with Gasteiger partial charge in [-0.2, -0.15) is 0 Å². The van der Waals surface area contributed by atoms with Crippen molar-refractivity contribution in [3.05, 3.63) is 35.9 Å². The number of hydrogen-bond donors (Lipinski definition) is 0. The third-order valence-electron chi connectivity index (χ3n) is 7.59. The maximum Gasteiger partial charge on any atom is 0.338 e. The van der Waals surface area contributed by atoms with Crippen LogP contribution in [-0.4, -0.2) is 54.9 Å². The van der Waals surface area contributed by atoms with Crippen molar-refractivity contribution < 1.29 is 33.2 Å². The summed E-state index contributed by atoms with van der Waals surface area (Å²) < 4.78 is 38.1. The molecule has 3 aliphatic heterocycles. The van der Waals surface area contributed by atoms with Crippen LogP contribution >= 0.6 is 0 Å². The summed E-state index contributed by atoms with van der Waals surface area (Å²) >= 11 is 0. The summed E-state index contributed by atoms with van der Waals surface area (Å²) in [6.07, 6.45) is 8.32. The summed E-state index contributed by atoms with van der Waals surface area (Å²) in [5.74, 6) is -1.54. The van der Waals surface area contributed by atoms with E-state index in [2.05, 4.69) is 0 Å². The monoisotopic (exact) mass is 444 g/mol. The first-order valence-electron chi connectivity index (χ1n) is 12.2. The van der Waals surface area contributed by atoms with E-state index in [0.29, 0.717) is 5.56 Å². The zero-order valence-corrected chi connectivity index (χ0v) is 18.4. The Kier molecular flexibility index (Phi) is 5.50. The largest absolute Gasteiger partial charge is 0.459 e. The van der Waals surface area contributed by atoms with E-state index in [9.17, 15) is 4.79 Å². The van der Waals surface area contributed by atoms with E-state index in [4.69, 9.17) is 28.4 Å². The molecule has 3 saturated heterocycles. The zero-order valence-electron chi connectivity index (χ0n) is 18.4. The first-order valence-corrected chi connectivity index (χ1v) is 12.2. The van der Waals surface area contributed by atoms with Crippen LogP contribution in [-0.2, 0) is 28.4 Å². The maximum atomic E-state index is 12.5. The molecule has 0 amide bonds. The number of carbonyl (C=O) groups excluding carboxylic acids is 1. The Hall–Kier alpha value is -1.51. The molecule has 0 N–H and O–H groups in total. The highest BCUT2D eigenvalue weighted by molar-refractivity contribution is 5.89. The average molecular weight is 445 g/mol. The van der Waals surface area contributed by atoms with Crippen LogP contribution in [0.3, 0.4) is 0 Å². The van der Waals surface area contributed by atoms with Crippen molar-refractivity contribution in [2.24, 2.45) is 0 Å². The molecule has 2 saturated carbocycles. The molecule has 3 heterocycles. The van der Waals surface area contributed by atoms with Crippen LogP contribution in [0.25, 0.3) is 0 Å². The van der Waals surface area contributed by atoms with Gasteiger partial charge in [0.15, 0.2) is 17.9 Å². The number of ether oxygens (including phenoxy) is 6. The van der Waals surface area contributed by atoms with Crippen LogP contribution in [0.2, 0.25) is 0 Å². The van der Waals surface area contributed by atoms with Crippen molar-refractivity contribution in [1.29, 1.82) is 0 Å². The SMILES string of the molecule is O=C(OC[C@@H]1O[C@@H]2OC3(CCCCC3)O[C@H]2[C@H]2OC3(CCCCC3)O[C@@H]21)c1ccccc1. The predicted octanol–water partition coefficient (Wildman–Crippen LogP) is 4.09. The lowest BCUT2D eigenvalue weighted by Crippen LogP contribution is -2.56. The van der Waals surface area contributed by atoms with E-state index in [1.165, 1.54) is 12.8 Å². The van der Waals surface area contributed by atoms with Crippen LogP contribution in [0.5, 0.6) is 0 Å². The second-order valence-corrected chi connectivity index (χ2v) is 9.82. The summed E-state index contributed by atoms with van der Waals surface area (Å²) in [5.41, 5.74) is 0.520. The van der Waals surface area contributed by atoms with Gasteiger partial charge in [-0.05, 0) is 37.8 Å². The molecular weight excluding hydrogens is 412 g/mol. The van der Waals surface area contributed by atoms with Crippen molar-refractivity contribution in [2.45, 2.75) is 106 Å². The molecule has 0 bridgehead atoms. The van der Waals surface area contributed by atoms with Gasteiger partial charge in [0.2, 0.25) is 0 Å². The van der Waals surface area contributed by atoms with Gasteiger partial charge in [-0.15, -0.1) is 0 Å². The summed E-state index contributed by atoms with van der Waals surface area (Å²) in [6, 6.07) is 9.01. The molecule has 0 radical (unpaired) electrons. The Morgan fingerprint density at radius 2 is 1.38 bits per heavy atom. The van der Waals surface area contributed by atoms with Crippen LogP contribution in [0.15, 0.2) is 30.3 Å². The van der Waals surface area contributed by atoms with Crippen LogP contribution in [0.1, 0.15) is 74.6 Å². The number of fused-ring (bicyclic) bond motifs is 3.